The van der Waals surface area contributed by atoms with Gasteiger partial charge in [0.25, 0.3) is 11.8 Å². The van der Waals surface area contributed by atoms with Gasteiger partial charge < -0.3 is 9.64 Å². The van der Waals surface area contributed by atoms with Crippen molar-refractivity contribution in [3.63, 3.8) is 0 Å². The molecule has 0 bridgehead atoms. The van der Waals surface area contributed by atoms with Gasteiger partial charge in [0.1, 0.15) is 11.4 Å². The van der Waals surface area contributed by atoms with E-state index in [9.17, 15) is 9.59 Å². The van der Waals surface area contributed by atoms with Gasteiger partial charge >= 0.3 is 0 Å². The summed E-state index contributed by atoms with van der Waals surface area (Å²) in [6, 6.07) is 17.1. The molecule has 1 aliphatic rings. The summed E-state index contributed by atoms with van der Waals surface area (Å²) in [6.45, 7) is 7.65. The number of amides is 2. The highest BCUT2D eigenvalue weighted by Gasteiger charge is 2.41. The Morgan fingerprint density at radius 1 is 0.862 bits per heavy atom. The third kappa shape index (κ3) is 4.19. The van der Waals surface area contributed by atoms with Crippen molar-refractivity contribution in [1.82, 2.24) is 4.90 Å². The standard InChI is InChI=1S/C24H28N2O3/c1-4-16-26-23(27)21(18-12-14-20(15-13-18)29-17-5-2)22(24(26)28)25(6-3)19-10-8-7-9-11-19/h7-15H,4-6,16-17H2,1-3H3. The van der Waals surface area contributed by atoms with E-state index in [1.807, 2.05) is 73.3 Å². The molecular weight excluding hydrogens is 364 g/mol. The number of likely N-dealkylation sites (N-methyl/N-ethyl adjacent to an activating group) is 1. The van der Waals surface area contributed by atoms with Crippen LogP contribution in [0, 0.1) is 0 Å². The summed E-state index contributed by atoms with van der Waals surface area (Å²) in [6.07, 6.45) is 1.65. The van der Waals surface area contributed by atoms with Crippen LogP contribution in [0.15, 0.2) is 60.3 Å². The lowest BCUT2D eigenvalue weighted by Crippen LogP contribution is -2.35. The number of hydrogen-bond donors (Lipinski definition) is 0. The zero-order valence-corrected chi connectivity index (χ0v) is 17.4. The zero-order valence-electron chi connectivity index (χ0n) is 17.4. The molecule has 0 fully saturated rings. The van der Waals surface area contributed by atoms with E-state index in [0.717, 1.165) is 29.8 Å². The first-order valence-electron chi connectivity index (χ1n) is 10.3. The molecule has 3 rings (SSSR count). The molecule has 0 unspecified atom stereocenters. The average molecular weight is 392 g/mol. The first kappa shape index (κ1) is 20.6. The van der Waals surface area contributed by atoms with Gasteiger partial charge in [-0.15, -0.1) is 0 Å². The van der Waals surface area contributed by atoms with Crippen molar-refractivity contribution < 1.29 is 14.3 Å². The molecule has 29 heavy (non-hydrogen) atoms. The molecular formula is C24H28N2O3. The van der Waals surface area contributed by atoms with Crippen LogP contribution in [0.25, 0.3) is 5.57 Å². The van der Waals surface area contributed by atoms with Gasteiger partial charge in [0.05, 0.1) is 12.2 Å². The van der Waals surface area contributed by atoms with E-state index in [4.69, 9.17) is 4.74 Å². The Labute approximate surface area is 172 Å². The molecule has 152 valence electrons. The fourth-order valence-corrected chi connectivity index (χ4v) is 3.52. The minimum atomic E-state index is -0.233. The Kier molecular flexibility index (Phi) is 6.70. The summed E-state index contributed by atoms with van der Waals surface area (Å²) in [7, 11) is 0. The second-order valence-electron chi connectivity index (χ2n) is 6.94. The summed E-state index contributed by atoms with van der Waals surface area (Å²) < 4.78 is 5.66. The molecule has 1 aliphatic heterocycles. The molecule has 0 aliphatic carbocycles. The number of imide groups is 1. The minimum absolute atomic E-state index is 0.233. The summed E-state index contributed by atoms with van der Waals surface area (Å²) in [5, 5.41) is 0. The fraction of sp³-hybridized carbons (Fsp3) is 0.333. The SMILES string of the molecule is CCCOc1ccc(C2=C(N(CC)c3ccccc3)C(=O)N(CCC)C2=O)cc1. The normalized spacial score (nSPS) is 14.0. The lowest BCUT2D eigenvalue weighted by Gasteiger charge is -2.24. The maximum Gasteiger partial charge on any atom is 0.278 e. The first-order valence-corrected chi connectivity index (χ1v) is 10.3. The Balaban J connectivity index is 2.08. The fourth-order valence-electron chi connectivity index (χ4n) is 3.52. The Morgan fingerprint density at radius 2 is 1.55 bits per heavy atom. The van der Waals surface area contributed by atoms with E-state index in [-0.39, 0.29) is 11.8 Å². The maximum atomic E-state index is 13.3. The van der Waals surface area contributed by atoms with Gasteiger partial charge in [-0.2, -0.15) is 0 Å². The van der Waals surface area contributed by atoms with E-state index in [2.05, 4.69) is 6.92 Å². The summed E-state index contributed by atoms with van der Waals surface area (Å²) in [4.78, 5) is 29.7. The van der Waals surface area contributed by atoms with Gasteiger partial charge in [0, 0.05) is 18.8 Å². The van der Waals surface area contributed by atoms with Crippen LogP contribution < -0.4 is 9.64 Å². The number of rotatable bonds is 9. The summed E-state index contributed by atoms with van der Waals surface area (Å²) in [5.74, 6) is 0.294. The van der Waals surface area contributed by atoms with Crippen LogP contribution in [0.3, 0.4) is 0 Å². The van der Waals surface area contributed by atoms with E-state index < -0.39 is 0 Å². The number of carbonyl (C=O) groups excluding carboxylic acids is 2. The summed E-state index contributed by atoms with van der Waals surface area (Å²) >= 11 is 0. The largest absolute Gasteiger partial charge is 0.494 e. The van der Waals surface area contributed by atoms with Crippen molar-refractivity contribution >= 4 is 23.1 Å². The molecule has 1 heterocycles. The third-order valence-corrected chi connectivity index (χ3v) is 4.86. The molecule has 0 aromatic heterocycles. The molecule has 0 N–H and O–H groups in total. The third-order valence-electron chi connectivity index (χ3n) is 4.86. The van der Waals surface area contributed by atoms with Gasteiger partial charge in [-0.25, -0.2) is 0 Å². The molecule has 0 saturated heterocycles. The van der Waals surface area contributed by atoms with Crippen LogP contribution in [0.1, 0.15) is 39.2 Å². The van der Waals surface area contributed by atoms with Gasteiger partial charge in [-0.05, 0) is 49.6 Å². The predicted molar refractivity (Wildman–Crippen MR) is 116 cm³/mol. The highest BCUT2D eigenvalue weighted by Crippen LogP contribution is 2.34. The molecule has 0 radical (unpaired) electrons. The second kappa shape index (κ2) is 9.41. The van der Waals surface area contributed by atoms with Crippen molar-refractivity contribution in [1.29, 1.82) is 0 Å². The number of para-hydroxylation sites is 1. The second-order valence-corrected chi connectivity index (χ2v) is 6.94. The van der Waals surface area contributed by atoms with Crippen LogP contribution in [0.4, 0.5) is 5.69 Å². The minimum Gasteiger partial charge on any atom is -0.494 e. The number of carbonyl (C=O) groups is 2. The van der Waals surface area contributed by atoms with Gasteiger partial charge in [0.2, 0.25) is 0 Å². The molecule has 0 saturated carbocycles. The lowest BCUT2D eigenvalue weighted by atomic mass is 10.0. The molecule has 0 atom stereocenters. The smallest absolute Gasteiger partial charge is 0.278 e. The highest BCUT2D eigenvalue weighted by molar-refractivity contribution is 6.36. The predicted octanol–water partition coefficient (Wildman–Crippen LogP) is 4.49. The van der Waals surface area contributed by atoms with Gasteiger partial charge in [-0.3, -0.25) is 14.5 Å². The number of ether oxygens (including phenoxy) is 1. The monoisotopic (exact) mass is 392 g/mol. The van der Waals surface area contributed by atoms with Crippen LogP contribution in [0.5, 0.6) is 5.75 Å². The Bertz CT molecular complexity index is 888. The number of hydrogen-bond acceptors (Lipinski definition) is 4. The Morgan fingerprint density at radius 3 is 2.14 bits per heavy atom. The molecule has 0 spiro atoms. The van der Waals surface area contributed by atoms with E-state index in [1.54, 1.807) is 0 Å². The molecule has 5 heteroatoms. The van der Waals surface area contributed by atoms with Crippen LogP contribution in [0.2, 0.25) is 0 Å². The van der Waals surface area contributed by atoms with Crippen LogP contribution in [-0.4, -0.2) is 36.4 Å². The quantitative estimate of drug-likeness (QED) is 0.590. The van der Waals surface area contributed by atoms with Crippen LogP contribution >= 0.6 is 0 Å². The first-order chi connectivity index (χ1) is 14.1. The average Bonchev–Trinajstić information content (AvgIpc) is 2.99. The van der Waals surface area contributed by atoms with Crippen molar-refractivity contribution in [2.75, 3.05) is 24.6 Å². The van der Waals surface area contributed by atoms with Gasteiger partial charge in [0.15, 0.2) is 0 Å². The molecule has 5 nitrogen and oxygen atoms in total. The van der Waals surface area contributed by atoms with Crippen molar-refractivity contribution in [3.8, 4) is 5.75 Å². The maximum absolute atomic E-state index is 13.3. The van der Waals surface area contributed by atoms with E-state index >= 15 is 0 Å². The number of anilines is 1. The topological polar surface area (TPSA) is 49.9 Å². The number of nitrogens with zero attached hydrogens (tertiary/aromatic N) is 2. The molecule has 2 amide bonds. The molecule has 2 aromatic carbocycles. The van der Waals surface area contributed by atoms with Crippen molar-refractivity contribution in [2.24, 2.45) is 0 Å². The summed E-state index contributed by atoms with van der Waals surface area (Å²) in [5.41, 5.74) is 2.52. The lowest BCUT2D eigenvalue weighted by molar-refractivity contribution is -0.136. The van der Waals surface area contributed by atoms with E-state index in [0.29, 0.717) is 31.0 Å². The molecule has 2 aromatic rings. The van der Waals surface area contributed by atoms with Crippen LogP contribution in [-0.2, 0) is 9.59 Å². The zero-order chi connectivity index (χ0) is 20.8. The van der Waals surface area contributed by atoms with E-state index in [1.165, 1.54) is 4.90 Å². The van der Waals surface area contributed by atoms with Crippen molar-refractivity contribution in [3.05, 3.63) is 65.9 Å². The van der Waals surface area contributed by atoms with Gasteiger partial charge in [-0.1, -0.05) is 44.2 Å². The van der Waals surface area contributed by atoms with Crippen molar-refractivity contribution in [2.45, 2.75) is 33.6 Å². The highest BCUT2D eigenvalue weighted by atomic mass is 16.5. The number of benzene rings is 2. The Hall–Kier alpha value is -3.08.